The van der Waals surface area contributed by atoms with Gasteiger partial charge in [0, 0.05) is 18.3 Å². The van der Waals surface area contributed by atoms with Crippen molar-refractivity contribution in [3.05, 3.63) is 47.5 Å². The summed E-state index contributed by atoms with van der Waals surface area (Å²) in [4.78, 5) is 14.7. The summed E-state index contributed by atoms with van der Waals surface area (Å²) in [6.07, 6.45) is 1.69. The lowest BCUT2D eigenvalue weighted by molar-refractivity contribution is -0.147. The second-order valence-corrected chi connectivity index (χ2v) is 8.86. The van der Waals surface area contributed by atoms with Crippen molar-refractivity contribution in [2.24, 2.45) is 5.92 Å². The smallest absolute Gasteiger partial charge is 0.308 e. The van der Waals surface area contributed by atoms with Crippen LogP contribution in [0.15, 0.2) is 41.3 Å². The normalized spacial score (nSPS) is 15.3. The maximum atomic E-state index is 11.6. The fourth-order valence-electron chi connectivity index (χ4n) is 3.66. The lowest BCUT2D eigenvalue weighted by atomic mass is 9.96. The Hall–Kier alpha value is -2.38. The van der Waals surface area contributed by atoms with E-state index in [1.165, 1.54) is 30.7 Å². The fourth-order valence-corrected chi connectivity index (χ4v) is 4.37. The van der Waals surface area contributed by atoms with Crippen LogP contribution in [0, 0.1) is 5.92 Å². The number of hydrogen-bond acceptors (Lipinski definition) is 7. The van der Waals surface area contributed by atoms with E-state index < -0.39 is 0 Å². The Balaban J connectivity index is 1.53. The molecule has 0 radical (unpaired) electrons. The number of nitrogens with one attached hydrogen (secondary N) is 1. The third-order valence-electron chi connectivity index (χ3n) is 5.49. The van der Waals surface area contributed by atoms with E-state index in [-0.39, 0.29) is 29.3 Å². The molecule has 1 aliphatic heterocycles. The molecule has 7 heteroatoms. The zero-order valence-electron chi connectivity index (χ0n) is 17.7. The summed E-state index contributed by atoms with van der Waals surface area (Å²) in [6, 6.07) is 11.4. The average molecular weight is 431 g/mol. The zero-order valence-corrected chi connectivity index (χ0v) is 18.5. The molecule has 2 aromatic rings. The monoisotopic (exact) mass is 430 g/mol. The topological polar surface area (TPSA) is 82.0 Å². The molecule has 0 unspecified atom stereocenters. The number of phenolic OH excluding ortho intramolecular Hbond substituents is 2. The van der Waals surface area contributed by atoms with Gasteiger partial charge in [0.2, 0.25) is 0 Å². The number of nitrogens with zero attached hydrogens (tertiary/aromatic N) is 1. The van der Waals surface area contributed by atoms with Gasteiger partial charge in [-0.2, -0.15) is 0 Å². The van der Waals surface area contributed by atoms with Crippen LogP contribution in [0.25, 0.3) is 0 Å². The Morgan fingerprint density at radius 1 is 1.17 bits per heavy atom. The highest BCUT2D eigenvalue weighted by Crippen LogP contribution is 2.37. The molecule has 3 N–H and O–H groups in total. The molecule has 1 saturated heterocycles. The van der Waals surface area contributed by atoms with E-state index in [0.29, 0.717) is 4.90 Å². The second-order valence-electron chi connectivity index (χ2n) is 8.01. The van der Waals surface area contributed by atoms with Gasteiger partial charge in [-0.1, -0.05) is 26.0 Å². The lowest BCUT2D eigenvalue weighted by Gasteiger charge is -2.30. The van der Waals surface area contributed by atoms with Gasteiger partial charge in [0.05, 0.1) is 17.9 Å². The molecule has 2 aromatic carbocycles. The summed E-state index contributed by atoms with van der Waals surface area (Å²) in [6.45, 7) is 6.66. The van der Waals surface area contributed by atoms with Crippen LogP contribution in [0.2, 0.25) is 0 Å². The number of aromatic hydroxyl groups is 2. The Kier molecular flexibility index (Phi) is 7.50. The van der Waals surface area contributed by atoms with E-state index in [4.69, 9.17) is 4.74 Å². The third kappa shape index (κ3) is 5.61. The maximum Gasteiger partial charge on any atom is 0.308 e. The number of likely N-dealkylation sites (tertiary alicyclic amines) is 1. The quantitative estimate of drug-likeness (QED) is 0.433. The molecule has 30 heavy (non-hydrogen) atoms. The minimum Gasteiger partial charge on any atom is -0.508 e. The van der Waals surface area contributed by atoms with Crippen molar-refractivity contribution in [3.63, 3.8) is 0 Å². The van der Waals surface area contributed by atoms with Crippen molar-refractivity contribution >= 4 is 23.6 Å². The van der Waals surface area contributed by atoms with Gasteiger partial charge < -0.3 is 19.7 Å². The van der Waals surface area contributed by atoms with Crippen molar-refractivity contribution in [2.45, 2.75) is 44.0 Å². The number of hydrogen-bond donors (Lipinski definition) is 3. The summed E-state index contributed by atoms with van der Waals surface area (Å²) >= 11 is 1.32. The molecular weight excluding hydrogens is 400 g/mol. The molecule has 162 valence electrons. The Morgan fingerprint density at radius 2 is 1.83 bits per heavy atom. The fraction of sp³-hybridized carbons (Fsp3) is 0.435. The Morgan fingerprint density at radius 3 is 2.43 bits per heavy atom. The average Bonchev–Trinajstić information content (AvgIpc) is 2.74. The van der Waals surface area contributed by atoms with Crippen LogP contribution < -0.4 is 4.72 Å². The van der Waals surface area contributed by atoms with Gasteiger partial charge in [0.15, 0.2) is 0 Å². The Bertz CT molecular complexity index is 862. The molecular formula is C23H30N2O4S. The number of carbonyl (C=O) groups is 1. The molecule has 0 aromatic heterocycles. The van der Waals surface area contributed by atoms with Gasteiger partial charge in [-0.05, 0) is 73.1 Å². The number of rotatable bonds is 7. The van der Waals surface area contributed by atoms with Gasteiger partial charge in [0.1, 0.15) is 11.5 Å². The minimum atomic E-state index is -0.0947. The molecule has 0 amide bonds. The molecule has 1 heterocycles. The first-order valence-electron chi connectivity index (χ1n) is 10.2. The largest absolute Gasteiger partial charge is 0.508 e. The standard InChI is InChI=1S/C23H30N2O4S/c1-15(2)19-12-22(21(27)13-20(19)26)30-24-18-6-4-16(5-7-18)14-25-10-8-17(9-11-25)23(28)29-3/h4-7,12-13,15,17,24,26-27H,8-11,14H2,1-3H3. The first-order valence-corrected chi connectivity index (χ1v) is 11.1. The second kappa shape index (κ2) is 10.1. The molecule has 0 bridgehead atoms. The highest BCUT2D eigenvalue weighted by Gasteiger charge is 2.25. The number of carbonyl (C=O) groups excluding carboxylic acids is 1. The number of benzene rings is 2. The molecule has 1 fully saturated rings. The number of ether oxygens (including phenoxy) is 1. The summed E-state index contributed by atoms with van der Waals surface area (Å²) in [5.74, 6) is 0.278. The predicted molar refractivity (Wildman–Crippen MR) is 120 cm³/mol. The number of anilines is 1. The van der Waals surface area contributed by atoms with Crippen molar-refractivity contribution in [2.75, 3.05) is 24.9 Å². The molecule has 0 aliphatic carbocycles. The van der Waals surface area contributed by atoms with Crippen molar-refractivity contribution in [1.29, 1.82) is 0 Å². The first-order chi connectivity index (χ1) is 14.4. The van der Waals surface area contributed by atoms with Gasteiger partial charge in [-0.3, -0.25) is 9.69 Å². The van der Waals surface area contributed by atoms with E-state index in [1.807, 2.05) is 32.0 Å². The van der Waals surface area contributed by atoms with Gasteiger partial charge in [-0.15, -0.1) is 0 Å². The molecule has 3 rings (SSSR count). The molecule has 1 aliphatic rings. The number of methoxy groups -OCH3 is 1. The molecule has 0 saturated carbocycles. The maximum absolute atomic E-state index is 11.6. The van der Waals surface area contributed by atoms with Gasteiger partial charge in [0.25, 0.3) is 0 Å². The van der Waals surface area contributed by atoms with Crippen LogP contribution >= 0.6 is 11.9 Å². The molecule has 0 spiro atoms. The van der Waals surface area contributed by atoms with Gasteiger partial charge >= 0.3 is 5.97 Å². The van der Waals surface area contributed by atoms with Crippen LogP contribution in [0.5, 0.6) is 11.5 Å². The predicted octanol–water partition coefficient (Wildman–Crippen LogP) is 4.73. The Labute approximate surface area is 182 Å². The number of phenols is 2. The zero-order chi connectivity index (χ0) is 21.7. The van der Waals surface area contributed by atoms with Crippen molar-refractivity contribution < 1.29 is 19.7 Å². The SMILES string of the molecule is COC(=O)C1CCN(Cc2ccc(NSc3cc(C(C)C)c(O)cc3O)cc2)CC1. The number of esters is 1. The highest BCUT2D eigenvalue weighted by atomic mass is 32.2. The summed E-state index contributed by atoms with van der Waals surface area (Å²) in [5, 5.41) is 20.1. The summed E-state index contributed by atoms with van der Waals surface area (Å²) in [5.41, 5.74) is 2.96. The van der Waals surface area contributed by atoms with Crippen LogP contribution in [0.3, 0.4) is 0 Å². The van der Waals surface area contributed by atoms with E-state index >= 15 is 0 Å². The van der Waals surface area contributed by atoms with Gasteiger partial charge in [-0.25, -0.2) is 0 Å². The lowest BCUT2D eigenvalue weighted by Crippen LogP contribution is -2.36. The number of piperidine rings is 1. The molecule has 0 atom stereocenters. The van der Waals surface area contributed by atoms with Crippen molar-refractivity contribution in [1.82, 2.24) is 4.90 Å². The van der Waals surface area contributed by atoms with Crippen LogP contribution in [-0.4, -0.2) is 41.3 Å². The molecule has 6 nitrogen and oxygen atoms in total. The first kappa shape index (κ1) is 22.3. The third-order valence-corrected chi connectivity index (χ3v) is 6.38. The van der Waals surface area contributed by atoms with Crippen LogP contribution in [0.4, 0.5) is 5.69 Å². The van der Waals surface area contributed by atoms with Crippen LogP contribution in [-0.2, 0) is 16.1 Å². The van der Waals surface area contributed by atoms with Crippen LogP contribution in [0.1, 0.15) is 43.7 Å². The van der Waals surface area contributed by atoms with Crippen molar-refractivity contribution in [3.8, 4) is 11.5 Å². The van der Waals surface area contributed by atoms with E-state index in [1.54, 1.807) is 0 Å². The van der Waals surface area contributed by atoms with E-state index in [0.717, 1.165) is 43.7 Å². The minimum absolute atomic E-state index is 0.0300. The summed E-state index contributed by atoms with van der Waals surface area (Å²) < 4.78 is 8.10. The van der Waals surface area contributed by atoms with E-state index in [2.05, 4.69) is 21.8 Å². The summed E-state index contributed by atoms with van der Waals surface area (Å²) in [7, 11) is 1.45. The highest BCUT2D eigenvalue weighted by molar-refractivity contribution is 8.00. The van der Waals surface area contributed by atoms with E-state index in [9.17, 15) is 15.0 Å².